The van der Waals surface area contributed by atoms with Crippen molar-refractivity contribution >= 4 is 5.82 Å². The average molecular weight is 186 g/mol. The van der Waals surface area contributed by atoms with E-state index in [0.717, 1.165) is 12.8 Å². The summed E-state index contributed by atoms with van der Waals surface area (Å²) in [6, 6.07) is 3.91. The lowest BCUT2D eigenvalue weighted by molar-refractivity contribution is 0.652. The van der Waals surface area contributed by atoms with Gasteiger partial charge in [0.15, 0.2) is 0 Å². The zero-order valence-electron chi connectivity index (χ0n) is 8.06. The van der Waals surface area contributed by atoms with Gasteiger partial charge in [-0.15, -0.1) is 0 Å². The Bertz CT molecular complexity index is 349. The number of nitrogen functional groups attached to an aromatic ring is 1. The number of nitrogens with zero attached hydrogens (tertiary/aromatic N) is 1. The Balaban J connectivity index is 2.00. The summed E-state index contributed by atoms with van der Waals surface area (Å²) in [4.78, 5) is 4.08. The van der Waals surface area contributed by atoms with Crippen molar-refractivity contribution in [3.05, 3.63) is 48.2 Å². The first-order valence-corrected chi connectivity index (χ1v) is 4.88. The standard InChI is InChI=1S/C12H14N2/c13-12-7-6-11(9-14-12)8-10-4-2-1-3-5-10/h1-4,6-7,9-10H,5,8H2,(H2,13,14). The van der Waals surface area contributed by atoms with E-state index in [9.17, 15) is 0 Å². The maximum absolute atomic E-state index is 5.52. The second kappa shape index (κ2) is 4.09. The predicted octanol–water partition coefficient (Wildman–Crippen LogP) is 2.34. The average Bonchev–Trinajstić information content (AvgIpc) is 2.23. The largest absolute Gasteiger partial charge is 0.384 e. The van der Waals surface area contributed by atoms with Crippen LogP contribution in [-0.4, -0.2) is 4.98 Å². The van der Waals surface area contributed by atoms with Crippen molar-refractivity contribution in [3.63, 3.8) is 0 Å². The Labute approximate surface area is 84.2 Å². The number of hydrogen-bond donors (Lipinski definition) is 1. The topological polar surface area (TPSA) is 38.9 Å². The molecule has 0 aliphatic heterocycles. The smallest absolute Gasteiger partial charge is 0.123 e. The van der Waals surface area contributed by atoms with Gasteiger partial charge in [0.05, 0.1) is 0 Å². The minimum Gasteiger partial charge on any atom is -0.384 e. The number of pyridine rings is 1. The minimum atomic E-state index is 0.591. The summed E-state index contributed by atoms with van der Waals surface area (Å²) in [7, 11) is 0. The number of anilines is 1. The van der Waals surface area contributed by atoms with Gasteiger partial charge in [-0.1, -0.05) is 30.4 Å². The first-order chi connectivity index (χ1) is 6.84. The highest BCUT2D eigenvalue weighted by molar-refractivity contribution is 5.29. The molecule has 1 aliphatic carbocycles. The fourth-order valence-corrected chi connectivity index (χ4v) is 1.64. The van der Waals surface area contributed by atoms with Gasteiger partial charge in [-0.05, 0) is 30.4 Å². The molecule has 1 atom stereocenters. The van der Waals surface area contributed by atoms with E-state index in [1.807, 2.05) is 12.3 Å². The molecule has 0 amide bonds. The highest BCUT2D eigenvalue weighted by Gasteiger charge is 2.06. The van der Waals surface area contributed by atoms with E-state index in [2.05, 4.69) is 35.4 Å². The fraction of sp³-hybridized carbons (Fsp3) is 0.250. The van der Waals surface area contributed by atoms with Crippen molar-refractivity contribution in [1.82, 2.24) is 4.98 Å². The summed E-state index contributed by atoms with van der Waals surface area (Å²) in [5.41, 5.74) is 6.78. The zero-order chi connectivity index (χ0) is 9.80. The molecular formula is C12H14N2. The van der Waals surface area contributed by atoms with Gasteiger partial charge in [0.2, 0.25) is 0 Å². The van der Waals surface area contributed by atoms with Crippen molar-refractivity contribution in [1.29, 1.82) is 0 Å². The molecule has 0 radical (unpaired) electrons. The Hall–Kier alpha value is -1.57. The molecule has 14 heavy (non-hydrogen) atoms. The number of allylic oxidation sites excluding steroid dienone is 4. The Kier molecular flexibility index (Phi) is 2.63. The molecular weight excluding hydrogens is 172 g/mol. The van der Waals surface area contributed by atoms with Crippen LogP contribution in [0.3, 0.4) is 0 Å². The van der Waals surface area contributed by atoms with Gasteiger partial charge in [-0.25, -0.2) is 4.98 Å². The SMILES string of the molecule is Nc1ccc(CC2C=CC=CC2)cn1. The Morgan fingerprint density at radius 2 is 2.29 bits per heavy atom. The molecule has 1 heterocycles. The van der Waals surface area contributed by atoms with E-state index < -0.39 is 0 Å². The zero-order valence-corrected chi connectivity index (χ0v) is 8.06. The molecule has 2 nitrogen and oxygen atoms in total. The highest BCUT2D eigenvalue weighted by Crippen LogP contribution is 2.17. The van der Waals surface area contributed by atoms with E-state index in [-0.39, 0.29) is 0 Å². The molecule has 72 valence electrons. The molecule has 0 aromatic carbocycles. The van der Waals surface area contributed by atoms with Crippen LogP contribution in [0, 0.1) is 5.92 Å². The lowest BCUT2D eigenvalue weighted by Gasteiger charge is -2.12. The quantitative estimate of drug-likeness (QED) is 0.770. The van der Waals surface area contributed by atoms with Crippen LogP contribution in [0.4, 0.5) is 5.82 Å². The number of aromatic nitrogens is 1. The highest BCUT2D eigenvalue weighted by atomic mass is 14.8. The van der Waals surface area contributed by atoms with E-state index in [1.165, 1.54) is 5.56 Å². The summed E-state index contributed by atoms with van der Waals surface area (Å²) in [5, 5.41) is 0. The van der Waals surface area contributed by atoms with Crippen molar-refractivity contribution in [2.45, 2.75) is 12.8 Å². The lowest BCUT2D eigenvalue weighted by atomic mass is 9.94. The molecule has 1 unspecified atom stereocenters. The van der Waals surface area contributed by atoms with Crippen LogP contribution >= 0.6 is 0 Å². The van der Waals surface area contributed by atoms with Gasteiger partial charge >= 0.3 is 0 Å². The summed E-state index contributed by atoms with van der Waals surface area (Å²) in [6.45, 7) is 0. The molecule has 1 aromatic heterocycles. The molecule has 0 saturated heterocycles. The summed E-state index contributed by atoms with van der Waals surface area (Å²) < 4.78 is 0. The van der Waals surface area contributed by atoms with E-state index >= 15 is 0 Å². The molecule has 2 heteroatoms. The molecule has 1 aliphatic rings. The molecule has 0 spiro atoms. The Morgan fingerprint density at radius 1 is 1.36 bits per heavy atom. The Morgan fingerprint density at radius 3 is 2.93 bits per heavy atom. The van der Waals surface area contributed by atoms with Gasteiger partial charge in [0, 0.05) is 6.20 Å². The number of hydrogen-bond acceptors (Lipinski definition) is 2. The van der Waals surface area contributed by atoms with Crippen LogP contribution in [0.25, 0.3) is 0 Å². The van der Waals surface area contributed by atoms with Crippen LogP contribution in [0.1, 0.15) is 12.0 Å². The molecule has 0 saturated carbocycles. The van der Waals surface area contributed by atoms with Crippen LogP contribution in [0.2, 0.25) is 0 Å². The number of rotatable bonds is 2. The van der Waals surface area contributed by atoms with E-state index in [1.54, 1.807) is 0 Å². The maximum Gasteiger partial charge on any atom is 0.123 e. The summed E-state index contributed by atoms with van der Waals surface area (Å²) in [6.07, 6.45) is 12.7. The summed E-state index contributed by atoms with van der Waals surface area (Å²) >= 11 is 0. The summed E-state index contributed by atoms with van der Waals surface area (Å²) in [5.74, 6) is 1.21. The van der Waals surface area contributed by atoms with Crippen molar-refractivity contribution in [2.24, 2.45) is 5.92 Å². The van der Waals surface area contributed by atoms with Gasteiger partial charge in [0.1, 0.15) is 5.82 Å². The minimum absolute atomic E-state index is 0.591. The van der Waals surface area contributed by atoms with Gasteiger partial charge in [0.25, 0.3) is 0 Å². The molecule has 0 bridgehead atoms. The van der Waals surface area contributed by atoms with E-state index in [4.69, 9.17) is 5.73 Å². The van der Waals surface area contributed by atoms with E-state index in [0.29, 0.717) is 11.7 Å². The van der Waals surface area contributed by atoms with Gasteiger partial charge in [-0.3, -0.25) is 0 Å². The lowest BCUT2D eigenvalue weighted by Crippen LogP contribution is -2.02. The monoisotopic (exact) mass is 186 g/mol. The van der Waals surface area contributed by atoms with Crippen LogP contribution in [-0.2, 0) is 6.42 Å². The third-order valence-corrected chi connectivity index (χ3v) is 2.41. The second-order valence-electron chi connectivity index (χ2n) is 3.60. The maximum atomic E-state index is 5.52. The van der Waals surface area contributed by atoms with Crippen LogP contribution in [0.15, 0.2) is 42.6 Å². The first kappa shape index (κ1) is 9.00. The van der Waals surface area contributed by atoms with Crippen molar-refractivity contribution in [2.75, 3.05) is 5.73 Å². The van der Waals surface area contributed by atoms with Crippen molar-refractivity contribution < 1.29 is 0 Å². The van der Waals surface area contributed by atoms with Gasteiger partial charge < -0.3 is 5.73 Å². The molecule has 2 N–H and O–H groups in total. The molecule has 1 aromatic rings. The fourth-order valence-electron chi connectivity index (χ4n) is 1.64. The van der Waals surface area contributed by atoms with Crippen molar-refractivity contribution in [3.8, 4) is 0 Å². The number of nitrogens with two attached hydrogens (primary N) is 1. The first-order valence-electron chi connectivity index (χ1n) is 4.88. The molecule has 2 rings (SSSR count). The van der Waals surface area contributed by atoms with Crippen LogP contribution < -0.4 is 5.73 Å². The third-order valence-electron chi connectivity index (χ3n) is 2.41. The van der Waals surface area contributed by atoms with Gasteiger partial charge in [-0.2, -0.15) is 0 Å². The predicted molar refractivity (Wildman–Crippen MR) is 58.7 cm³/mol. The second-order valence-corrected chi connectivity index (χ2v) is 3.60. The molecule has 0 fully saturated rings. The third kappa shape index (κ3) is 2.22. The normalized spacial score (nSPS) is 19.9. The van der Waals surface area contributed by atoms with Crippen LogP contribution in [0.5, 0.6) is 0 Å².